The minimum Gasteiger partial charge on any atom is -0.321 e. The lowest BCUT2D eigenvalue weighted by Gasteiger charge is -2.03. The maximum Gasteiger partial charge on any atom is 0.109 e. The number of halogens is 2. The zero-order chi connectivity index (χ0) is 7.56. The molecule has 0 aromatic carbocycles. The second-order valence-electron chi connectivity index (χ2n) is 2.23. The second-order valence-corrected chi connectivity index (χ2v) is 3.18. The molecule has 4 heteroatoms. The molecule has 0 aliphatic carbocycles. The predicted octanol–water partition coefficient (Wildman–Crippen LogP) is 2.45. The summed E-state index contributed by atoms with van der Waals surface area (Å²) in [5.74, 6) is 0. The van der Waals surface area contributed by atoms with Crippen LogP contribution in [0.1, 0.15) is 16.5 Å². The van der Waals surface area contributed by atoms with Gasteiger partial charge < -0.3 is 5.73 Å². The first kappa shape index (κ1) is 10.9. The van der Waals surface area contributed by atoms with Gasteiger partial charge in [0.05, 0.1) is 6.04 Å². The summed E-state index contributed by atoms with van der Waals surface area (Å²) < 4.78 is 12.0. The molecule has 0 aliphatic rings. The molecule has 0 fully saturated rings. The van der Waals surface area contributed by atoms with E-state index in [1.807, 2.05) is 18.4 Å². The highest BCUT2D eigenvalue weighted by molar-refractivity contribution is 7.10. The van der Waals surface area contributed by atoms with E-state index in [1.54, 1.807) is 0 Å². The summed E-state index contributed by atoms with van der Waals surface area (Å²) in [6, 6.07) is 1.54. The Labute approximate surface area is 75.8 Å². The predicted molar refractivity (Wildman–Crippen MR) is 49.2 cm³/mol. The fraction of sp³-hybridized carbons (Fsp3) is 0.429. The zero-order valence-corrected chi connectivity index (χ0v) is 7.84. The molecule has 0 amide bonds. The Bertz CT molecular complexity index is 214. The minimum atomic E-state index is -0.471. The van der Waals surface area contributed by atoms with E-state index in [9.17, 15) is 4.39 Å². The highest BCUT2D eigenvalue weighted by Crippen LogP contribution is 2.21. The third-order valence-corrected chi connectivity index (χ3v) is 2.56. The van der Waals surface area contributed by atoms with Crippen molar-refractivity contribution in [2.75, 3.05) is 6.67 Å². The highest BCUT2D eigenvalue weighted by Gasteiger charge is 2.08. The maximum absolute atomic E-state index is 12.0. The number of aryl methyl sites for hydroxylation is 1. The molecule has 0 radical (unpaired) electrons. The molecule has 0 unspecified atom stereocenters. The summed E-state index contributed by atoms with van der Waals surface area (Å²) in [5, 5.41) is 1.93. The SMILES string of the molecule is Cc1ccsc1[C@H](N)CF.Cl. The van der Waals surface area contributed by atoms with Crippen LogP contribution in [0.25, 0.3) is 0 Å². The van der Waals surface area contributed by atoms with Gasteiger partial charge in [-0.2, -0.15) is 0 Å². The van der Waals surface area contributed by atoms with E-state index in [0.29, 0.717) is 0 Å². The van der Waals surface area contributed by atoms with Crippen molar-refractivity contribution in [1.29, 1.82) is 0 Å². The third-order valence-electron chi connectivity index (χ3n) is 1.40. The van der Waals surface area contributed by atoms with Gasteiger partial charge in [0.2, 0.25) is 0 Å². The van der Waals surface area contributed by atoms with Crippen molar-refractivity contribution in [1.82, 2.24) is 0 Å². The average Bonchev–Trinajstić information content (AvgIpc) is 2.34. The Morgan fingerprint density at radius 3 is 2.73 bits per heavy atom. The number of alkyl halides is 1. The van der Waals surface area contributed by atoms with Crippen LogP contribution in [0.5, 0.6) is 0 Å². The van der Waals surface area contributed by atoms with Gasteiger partial charge in [-0.1, -0.05) is 0 Å². The van der Waals surface area contributed by atoms with Gasteiger partial charge in [0.25, 0.3) is 0 Å². The van der Waals surface area contributed by atoms with Crippen LogP contribution in [0.3, 0.4) is 0 Å². The van der Waals surface area contributed by atoms with Crippen molar-refractivity contribution in [3.05, 3.63) is 21.9 Å². The smallest absolute Gasteiger partial charge is 0.109 e. The van der Waals surface area contributed by atoms with Crippen LogP contribution in [-0.4, -0.2) is 6.67 Å². The summed E-state index contributed by atoms with van der Waals surface area (Å²) >= 11 is 1.52. The largest absolute Gasteiger partial charge is 0.321 e. The quantitative estimate of drug-likeness (QED) is 0.771. The van der Waals surface area contributed by atoms with Crippen LogP contribution < -0.4 is 5.73 Å². The standard InChI is InChI=1S/C7H10FNS.ClH/c1-5-2-3-10-7(5)6(9)4-8;/h2-3,6H,4,9H2,1H3;1H/t6-;/m1./s1. The van der Waals surface area contributed by atoms with Gasteiger partial charge >= 0.3 is 0 Å². The topological polar surface area (TPSA) is 26.0 Å². The Balaban J connectivity index is 0.000001000. The summed E-state index contributed by atoms with van der Waals surface area (Å²) in [6.45, 7) is 1.47. The summed E-state index contributed by atoms with van der Waals surface area (Å²) in [4.78, 5) is 0.961. The molecule has 0 aliphatic heterocycles. The number of hydrogen-bond donors (Lipinski definition) is 1. The van der Waals surface area contributed by atoms with Gasteiger partial charge in [-0.15, -0.1) is 23.7 Å². The molecule has 0 saturated carbocycles. The van der Waals surface area contributed by atoms with Gasteiger partial charge in [0, 0.05) is 4.88 Å². The Kier molecular flexibility index (Phi) is 4.65. The highest BCUT2D eigenvalue weighted by atomic mass is 35.5. The first-order valence-electron chi connectivity index (χ1n) is 3.11. The number of nitrogens with two attached hydrogens (primary N) is 1. The lowest BCUT2D eigenvalue weighted by atomic mass is 10.2. The lowest BCUT2D eigenvalue weighted by Crippen LogP contribution is -2.11. The lowest BCUT2D eigenvalue weighted by molar-refractivity contribution is 0.440. The van der Waals surface area contributed by atoms with Crippen LogP contribution in [0.15, 0.2) is 11.4 Å². The Morgan fingerprint density at radius 2 is 2.36 bits per heavy atom. The molecule has 1 atom stereocenters. The molecule has 1 rings (SSSR count). The fourth-order valence-electron chi connectivity index (χ4n) is 0.834. The van der Waals surface area contributed by atoms with E-state index >= 15 is 0 Å². The molecule has 2 N–H and O–H groups in total. The van der Waals surface area contributed by atoms with Crippen LogP contribution in [0.4, 0.5) is 4.39 Å². The van der Waals surface area contributed by atoms with Crippen LogP contribution in [0, 0.1) is 6.92 Å². The van der Waals surface area contributed by atoms with E-state index in [-0.39, 0.29) is 12.4 Å². The first-order valence-corrected chi connectivity index (χ1v) is 3.99. The van der Waals surface area contributed by atoms with Gasteiger partial charge in [-0.3, -0.25) is 0 Å². The number of thiophene rings is 1. The van der Waals surface area contributed by atoms with Gasteiger partial charge in [0.15, 0.2) is 0 Å². The molecule has 1 nitrogen and oxygen atoms in total. The Hall–Kier alpha value is -0.120. The van der Waals surface area contributed by atoms with Crippen molar-refractivity contribution in [2.45, 2.75) is 13.0 Å². The van der Waals surface area contributed by atoms with Crippen molar-refractivity contribution in [2.24, 2.45) is 5.73 Å². The molecule has 0 bridgehead atoms. The molecule has 0 saturated heterocycles. The first-order chi connectivity index (χ1) is 4.75. The molecule has 0 spiro atoms. The second kappa shape index (κ2) is 4.70. The fourth-order valence-corrected chi connectivity index (χ4v) is 1.74. The Morgan fingerprint density at radius 1 is 1.73 bits per heavy atom. The zero-order valence-electron chi connectivity index (χ0n) is 6.21. The monoisotopic (exact) mass is 195 g/mol. The van der Waals surface area contributed by atoms with E-state index in [1.165, 1.54) is 11.3 Å². The van der Waals surface area contributed by atoms with E-state index in [4.69, 9.17) is 5.73 Å². The molecule has 11 heavy (non-hydrogen) atoms. The normalized spacial score (nSPS) is 12.3. The van der Waals surface area contributed by atoms with Crippen LogP contribution >= 0.6 is 23.7 Å². The van der Waals surface area contributed by atoms with E-state index in [0.717, 1.165) is 10.4 Å². The average molecular weight is 196 g/mol. The molecular formula is C7H11ClFNS. The van der Waals surface area contributed by atoms with Crippen LogP contribution in [-0.2, 0) is 0 Å². The van der Waals surface area contributed by atoms with Crippen molar-refractivity contribution in [3.63, 3.8) is 0 Å². The molecule has 64 valence electrons. The summed E-state index contributed by atoms with van der Waals surface area (Å²) in [5.41, 5.74) is 6.57. The molecule has 1 heterocycles. The minimum absolute atomic E-state index is 0. The number of hydrogen-bond acceptors (Lipinski definition) is 2. The van der Waals surface area contributed by atoms with Crippen molar-refractivity contribution < 1.29 is 4.39 Å². The van der Waals surface area contributed by atoms with Crippen molar-refractivity contribution >= 4 is 23.7 Å². The molecule has 1 aromatic heterocycles. The van der Waals surface area contributed by atoms with Crippen LogP contribution in [0.2, 0.25) is 0 Å². The van der Waals surface area contributed by atoms with Gasteiger partial charge in [-0.25, -0.2) is 4.39 Å². The van der Waals surface area contributed by atoms with Gasteiger partial charge in [0.1, 0.15) is 6.67 Å². The summed E-state index contributed by atoms with van der Waals surface area (Å²) in [7, 11) is 0. The summed E-state index contributed by atoms with van der Waals surface area (Å²) in [6.07, 6.45) is 0. The molecule has 1 aromatic rings. The van der Waals surface area contributed by atoms with E-state index < -0.39 is 12.7 Å². The third kappa shape index (κ3) is 2.43. The van der Waals surface area contributed by atoms with E-state index in [2.05, 4.69) is 0 Å². The number of rotatable bonds is 2. The molecular weight excluding hydrogens is 185 g/mol. The van der Waals surface area contributed by atoms with Gasteiger partial charge in [-0.05, 0) is 23.9 Å². The maximum atomic E-state index is 12.0. The van der Waals surface area contributed by atoms with Crippen molar-refractivity contribution in [3.8, 4) is 0 Å².